The Hall–Kier alpha value is -2.90. The number of aromatic nitrogens is 2. The van der Waals surface area contributed by atoms with Gasteiger partial charge >= 0.3 is 0 Å². The Labute approximate surface area is 108 Å². The molecule has 1 heterocycles. The van der Waals surface area contributed by atoms with Gasteiger partial charge in [-0.25, -0.2) is 0 Å². The number of nitrogens with zero attached hydrogens (tertiary/aromatic N) is 3. The zero-order valence-corrected chi connectivity index (χ0v) is 10.0. The molecule has 98 valence electrons. The number of carbonyl (C=O) groups is 1. The highest BCUT2D eigenvalue weighted by atomic mass is 16.6. The number of nitrogens with two attached hydrogens (primary N) is 1. The van der Waals surface area contributed by atoms with Crippen molar-refractivity contribution < 1.29 is 9.72 Å². The first-order chi connectivity index (χ1) is 8.99. The molecule has 0 fully saturated rings. The lowest BCUT2D eigenvalue weighted by Gasteiger charge is -2.06. The minimum atomic E-state index is -0.627. The Bertz CT molecular complexity index is 650. The van der Waals surface area contributed by atoms with E-state index < -0.39 is 10.8 Å². The van der Waals surface area contributed by atoms with E-state index in [0.717, 1.165) is 0 Å². The van der Waals surface area contributed by atoms with Crippen molar-refractivity contribution in [3.8, 4) is 0 Å². The molecule has 0 saturated carbocycles. The van der Waals surface area contributed by atoms with Crippen LogP contribution in [-0.4, -0.2) is 20.6 Å². The number of carbonyl (C=O) groups excluding carboxylic acids is 1. The summed E-state index contributed by atoms with van der Waals surface area (Å²) in [6, 6.07) is 5.42. The van der Waals surface area contributed by atoms with Crippen molar-refractivity contribution in [3.63, 3.8) is 0 Å². The number of hydrogen-bond acceptors (Lipinski definition) is 5. The molecule has 2 rings (SSSR count). The van der Waals surface area contributed by atoms with Gasteiger partial charge in [-0.05, 0) is 12.1 Å². The van der Waals surface area contributed by atoms with E-state index in [4.69, 9.17) is 5.73 Å². The lowest BCUT2D eigenvalue weighted by atomic mass is 10.1. The Kier molecular flexibility index (Phi) is 3.15. The fraction of sp³-hybridized carbons (Fsp3) is 0.0909. The van der Waals surface area contributed by atoms with E-state index in [-0.39, 0.29) is 16.9 Å². The second-order valence-corrected chi connectivity index (χ2v) is 3.83. The van der Waals surface area contributed by atoms with Gasteiger partial charge in [-0.15, -0.1) is 0 Å². The number of anilines is 2. The molecule has 19 heavy (non-hydrogen) atoms. The summed E-state index contributed by atoms with van der Waals surface area (Å²) in [5.74, 6) is -0.177. The van der Waals surface area contributed by atoms with Gasteiger partial charge in [0.05, 0.1) is 11.1 Å². The molecule has 8 nitrogen and oxygen atoms in total. The number of nitrogen functional groups attached to an aromatic ring is 1. The second kappa shape index (κ2) is 4.77. The van der Waals surface area contributed by atoms with Crippen LogP contribution in [-0.2, 0) is 7.05 Å². The fourth-order valence-corrected chi connectivity index (χ4v) is 1.57. The first kappa shape index (κ1) is 12.6. The van der Waals surface area contributed by atoms with Crippen LogP contribution in [0.4, 0.5) is 17.2 Å². The third-order valence-electron chi connectivity index (χ3n) is 2.52. The van der Waals surface area contributed by atoms with Crippen LogP contribution in [0.15, 0.2) is 30.5 Å². The summed E-state index contributed by atoms with van der Waals surface area (Å²) >= 11 is 0. The van der Waals surface area contributed by atoms with E-state index in [0.29, 0.717) is 5.82 Å². The number of benzene rings is 1. The molecule has 3 N–H and O–H groups in total. The summed E-state index contributed by atoms with van der Waals surface area (Å²) in [6.07, 6.45) is 1.50. The SMILES string of the molecule is Cn1nccc1NC(=O)c1cc(N)ccc1[N+](=O)[O-]. The van der Waals surface area contributed by atoms with Crippen molar-refractivity contribution in [2.45, 2.75) is 0 Å². The molecular formula is C11H11N5O3. The topological polar surface area (TPSA) is 116 Å². The number of rotatable bonds is 3. The Morgan fingerprint density at radius 3 is 2.79 bits per heavy atom. The number of nitrogens with one attached hydrogen (secondary N) is 1. The summed E-state index contributed by atoms with van der Waals surface area (Å²) in [6.45, 7) is 0. The summed E-state index contributed by atoms with van der Waals surface area (Å²) in [5.41, 5.74) is 5.44. The Morgan fingerprint density at radius 2 is 2.21 bits per heavy atom. The average molecular weight is 261 g/mol. The molecule has 0 spiro atoms. The summed E-state index contributed by atoms with van der Waals surface area (Å²) in [4.78, 5) is 22.3. The molecule has 0 atom stereocenters. The van der Waals surface area contributed by atoms with E-state index in [1.165, 1.54) is 29.1 Å². The zero-order chi connectivity index (χ0) is 14.0. The van der Waals surface area contributed by atoms with Gasteiger partial charge in [0.25, 0.3) is 11.6 Å². The van der Waals surface area contributed by atoms with E-state index in [1.807, 2.05) is 0 Å². The number of hydrogen-bond donors (Lipinski definition) is 2. The molecule has 2 aromatic rings. The summed E-state index contributed by atoms with van der Waals surface area (Å²) in [7, 11) is 1.64. The molecule has 1 amide bonds. The highest BCUT2D eigenvalue weighted by molar-refractivity contribution is 6.07. The monoisotopic (exact) mass is 261 g/mol. The number of amides is 1. The van der Waals surface area contributed by atoms with Crippen LogP contribution >= 0.6 is 0 Å². The number of nitro groups is 1. The molecule has 1 aromatic heterocycles. The van der Waals surface area contributed by atoms with E-state index >= 15 is 0 Å². The summed E-state index contributed by atoms with van der Waals surface area (Å²) < 4.78 is 1.44. The van der Waals surface area contributed by atoms with Crippen LogP contribution < -0.4 is 11.1 Å². The van der Waals surface area contributed by atoms with Gasteiger partial charge < -0.3 is 11.1 Å². The Morgan fingerprint density at radius 1 is 1.47 bits per heavy atom. The van der Waals surface area contributed by atoms with Crippen molar-refractivity contribution in [2.75, 3.05) is 11.1 Å². The van der Waals surface area contributed by atoms with Crippen LogP contribution in [0.3, 0.4) is 0 Å². The lowest BCUT2D eigenvalue weighted by molar-refractivity contribution is -0.385. The molecule has 0 aliphatic heterocycles. The number of aryl methyl sites for hydroxylation is 1. The van der Waals surface area contributed by atoms with Crippen LogP contribution in [0.5, 0.6) is 0 Å². The normalized spacial score (nSPS) is 10.2. The van der Waals surface area contributed by atoms with E-state index in [2.05, 4.69) is 10.4 Å². The molecule has 0 bridgehead atoms. The van der Waals surface area contributed by atoms with Crippen LogP contribution in [0.2, 0.25) is 0 Å². The second-order valence-electron chi connectivity index (χ2n) is 3.83. The third kappa shape index (κ3) is 2.51. The van der Waals surface area contributed by atoms with E-state index in [9.17, 15) is 14.9 Å². The van der Waals surface area contributed by atoms with Gasteiger partial charge in [0.1, 0.15) is 11.4 Å². The molecule has 1 aromatic carbocycles. The van der Waals surface area contributed by atoms with Gasteiger partial charge in [-0.1, -0.05) is 0 Å². The maximum Gasteiger partial charge on any atom is 0.282 e. The zero-order valence-electron chi connectivity index (χ0n) is 10.0. The quantitative estimate of drug-likeness (QED) is 0.488. The van der Waals surface area contributed by atoms with Gasteiger partial charge in [0.15, 0.2) is 0 Å². The predicted octanol–water partition coefficient (Wildman–Crippen LogP) is 1.16. The molecule has 0 unspecified atom stereocenters. The number of nitro benzene ring substituents is 1. The first-order valence-corrected chi connectivity index (χ1v) is 5.32. The van der Waals surface area contributed by atoms with Gasteiger partial charge in [0.2, 0.25) is 0 Å². The van der Waals surface area contributed by atoms with Gasteiger partial charge in [0, 0.05) is 24.9 Å². The van der Waals surface area contributed by atoms with Crippen molar-refractivity contribution in [1.82, 2.24) is 9.78 Å². The van der Waals surface area contributed by atoms with Crippen LogP contribution in [0, 0.1) is 10.1 Å². The van der Waals surface area contributed by atoms with Gasteiger partial charge in [-0.2, -0.15) is 5.10 Å². The smallest absolute Gasteiger partial charge is 0.282 e. The van der Waals surface area contributed by atoms with E-state index in [1.54, 1.807) is 13.1 Å². The predicted molar refractivity (Wildman–Crippen MR) is 68.7 cm³/mol. The minimum Gasteiger partial charge on any atom is -0.399 e. The van der Waals surface area contributed by atoms with Crippen LogP contribution in [0.25, 0.3) is 0 Å². The highest BCUT2D eigenvalue weighted by Crippen LogP contribution is 2.22. The Balaban J connectivity index is 2.36. The van der Waals surface area contributed by atoms with Crippen molar-refractivity contribution in [3.05, 3.63) is 46.1 Å². The summed E-state index contributed by atoms with van der Waals surface area (Å²) in [5, 5.41) is 17.3. The van der Waals surface area contributed by atoms with Crippen molar-refractivity contribution in [2.24, 2.45) is 7.05 Å². The van der Waals surface area contributed by atoms with Crippen molar-refractivity contribution >= 4 is 23.1 Å². The largest absolute Gasteiger partial charge is 0.399 e. The molecular weight excluding hydrogens is 250 g/mol. The molecule has 8 heteroatoms. The standard InChI is InChI=1S/C11H11N5O3/c1-15-10(4-5-13-15)14-11(17)8-6-7(12)2-3-9(8)16(18)19/h2-6H,12H2,1H3,(H,14,17). The fourth-order valence-electron chi connectivity index (χ4n) is 1.57. The third-order valence-corrected chi connectivity index (χ3v) is 2.52. The van der Waals surface area contributed by atoms with Gasteiger partial charge in [-0.3, -0.25) is 19.6 Å². The maximum absolute atomic E-state index is 12.0. The van der Waals surface area contributed by atoms with Crippen molar-refractivity contribution in [1.29, 1.82) is 0 Å². The molecule has 0 aliphatic rings. The minimum absolute atomic E-state index is 0.0915. The average Bonchev–Trinajstić information content (AvgIpc) is 2.74. The molecule has 0 saturated heterocycles. The molecule has 0 radical (unpaired) electrons. The lowest BCUT2D eigenvalue weighted by Crippen LogP contribution is -2.16. The first-order valence-electron chi connectivity index (χ1n) is 5.32. The maximum atomic E-state index is 12.0. The van der Waals surface area contributed by atoms with Crippen LogP contribution in [0.1, 0.15) is 10.4 Å². The highest BCUT2D eigenvalue weighted by Gasteiger charge is 2.21. The molecule has 0 aliphatic carbocycles.